The lowest BCUT2D eigenvalue weighted by Crippen LogP contribution is -2.38. The molecule has 0 bridgehead atoms. The molecule has 1 N–H and O–H groups in total. The molecule has 2 nitrogen and oxygen atoms in total. The van der Waals surface area contributed by atoms with Crippen molar-refractivity contribution in [3.05, 3.63) is 0 Å². The summed E-state index contributed by atoms with van der Waals surface area (Å²) < 4.78 is 0. The zero-order chi connectivity index (χ0) is 11.7. The fourth-order valence-electron chi connectivity index (χ4n) is 3.67. The molecule has 17 heavy (non-hydrogen) atoms. The third-order valence-electron chi connectivity index (χ3n) is 5.01. The van der Waals surface area contributed by atoms with Crippen molar-refractivity contribution < 1.29 is 0 Å². The van der Waals surface area contributed by atoms with E-state index in [-0.39, 0.29) is 0 Å². The number of likely N-dealkylation sites (tertiary alicyclic amines) is 1. The molecule has 2 saturated carbocycles. The van der Waals surface area contributed by atoms with Crippen LogP contribution in [-0.2, 0) is 0 Å². The van der Waals surface area contributed by atoms with Gasteiger partial charge in [0.25, 0.3) is 0 Å². The lowest BCUT2D eigenvalue weighted by atomic mass is 10.0. The molecule has 0 aromatic rings. The van der Waals surface area contributed by atoms with Gasteiger partial charge in [-0.05, 0) is 44.4 Å². The van der Waals surface area contributed by atoms with Crippen LogP contribution in [0.4, 0.5) is 0 Å². The van der Waals surface area contributed by atoms with Gasteiger partial charge in [-0.15, -0.1) is 0 Å². The fourth-order valence-corrected chi connectivity index (χ4v) is 3.67. The van der Waals surface area contributed by atoms with E-state index in [1.54, 1.807) is 0 Å². The van der Waals surface area contributed by atoms with Crippen molar-refractivity contribution in [3.63, 3.8) is 0 Å². The molecule has 2 aliphatic carbocycles. The molecule has 0 spiro atoms. The number of nitrogens with zero attached hydrogens (tertiary/aromatic N) is 1. The number of hydrogen-bond donors (Lipinski definition) is 1. The van der Waals surface area contributed by atoms with Gasteiger partial charge in [-0.1, -0.05) is 19.8 Å². The highest BCUT2D eigenvalue weighted by Gasteiger charge is 2.32. The molecule has 2 heteroatoms. The second kappa shape index (κ2) is 5.27. The molecule has 3 unspecified atom stereocenters. The molecule has 0 radical (unpaired) electrons. The maximum atomic E-state index is 3.80. The Kier molecular flexibility index (Phi) is 3.72. The Morgan fingerprint density at radius 1 is 0.882 bits per heavy atom. The minimum absolute atomic E-state index is 0.808. The third-order valence-corrected chi connectivity index (χ3v) is 5.01. The highest BCUT2D eigenvalue weighted by Crippen LogP contribution is 2.29. The molecule has 3 rings (SSSR count). The highest BCUT2D eigenvalue weighted by atomic mass is 15.2. The lowest BCUT2D eigenvalue weighted by Gasteiger charge is -2.27. The Morgan fingerprint density at radius 2 is 1.76 bits per heavy atom. The van der Waals surface area contributed by atoms with Crippen LogP contribution in [0.1, 0.15) is 58.3 Å². The van der Waals surface area contributed by atoms with Crippen LogP contribution < -0.4 is 5.32 Å². The van der Waals surface area contributed by atoms with Crippen molar-refractivity contribution in [2.75, 3.05) is 13.1 Å². The van der Waals surface area contributed by atoms with E-state index in [9.17, 15) is 0 Å². The van der Waals surface area contributed by atoms with Crippen molar-refractivity contribution in [3.8, 4) is 0 Å². The average molecular weight is 236 g/mol. The monoisotopic (exact) mass is 236 g/mol. The van der Waals surface area contributed by atoms with Crippen molar-refractivity contribution in [1.29, 1.82) is 0 Å². The molecular formula is C15H28N2. The van der Waals surface area contributed by atoms with E-state index in [0.29, 0.717) is 0 Å². The second-order valence-electron chi connectivity index (χ2n) is 6.69. The third kappa shape index (κ3) is 3.23. The average Bonchev–Trinajstić information content (AvgIpc) is 3.04. The lowest BCUT2D eigenvalue weighted by molar-refractivity contribution is 0.214. The van der Waals surface area contributed by atoms with E-state index in [1.165, 1.54) is 64.5 Å². The van der Waals surface area contributed by atoms with Gasteiger partial charge >= 0.3 is 0 Å². The molecule has 3 fully saturated rings. The SMILES string of the molecule is CC1CCCC(N2CCC(NC3CC3)C2)CC1. The Balaban J connectivity index is 1.47. The van der Waals surface area contributed by atoms with E-state index in [0.717, 1.165) is 24.0 Å². The maximum absolute atomic E-state index is 3.80. The smallest absolute Gasteiger partial charge is 0.0209 e. The van der Waals surface area contributed by atoms with Gasteiger partial charge in [0, 0.05) is 31.2 Å². The van der Waals surface area contributed by atoms with E-state index in [1.807, 2.05) is 0 Å². The minimum atomic E-state index is 0.808. The molecule has 1 saturated heterocycles. The van der Waals surface area contributed by atoms with Crippen LogP contribution in [0.5, 0.6) is 0 Å². The van der Waals surface area contributed by atoms with Crippen molar-refractivity contribution in [2.45, 2.75) is 76.4 Å². The van der Waals surface area contributed by atoms with Crippen LogP contribution in [0, 0.1) is 5.92 Å². The quantitative estimate of drug-likeness (QED) is 0.758. The largest absolute Gasteiger partial charge is 0.310 e. The number of rotatable bonds is 3. The molecular weight excluding hydrogens is 208 g/mol. The summed E-state index contributed by atoms with van der Waals surface area (Å²) in [6, 6.07) is 2.60. The van der Waals surface area contributed by atoms with Gasteiger partial charge in [-0.25, -0.2) is 0 Å². The molecule has 0 aromatic carbocycles. The molecule has 3 aliphatic rings. The van der Waals surface area contributed by atoms with Gasteiger partial charge < -0.3 is 5.32 Å². The maximum Gasteiger partial charge on any atom is 0.0209 e. The Labute approximate surface area is 106 Å². The summed E-state index contributed by atoms with van der Waals surface area (Å²) in [5.41, 5.74) is 0. The summed E-state index contributed by atoms with van der Waals surface area (Å²) >= 11 is 0. The Hall–Kier alpha value is -0.0800. The molecule has 1 aliphatic heterocycles. The summed E-state index contributed by atoms with van der Waals surface area (Å²) in [5.74, 6) is 0.975. The van der Waals surface area contributed by atoms with E-state index >= 15 is 0 Å². The Bertz CT molecular complexity index is 249. The Morgan fingerprint density at radius 3 is 2.59 bits per heavy atom. The van der Waals surface area contributed by atoms with Gasteiger partial charge in [-0.2, -0.15) is 0 Å². The van der Waals surface area contributed by atoms with Crippen LogP contribution in [0.2, 0.25) is 0 Å². The highest BCUT2D eigenvalue weighted by molar-refractivity contribution is 4.91. The van der Waals surface area contributed by atoms with Gasteiger partial charge in [0.05, 0.1) is 0 Å². The van der Waals surface area contributed by atoms with Crippen LogP contribution in [0.15, 0.2) is 0 Å². The predicted molar refractivity (Wildman–Crippen MR) is 72.2 cm³/mol. The summed E-state index contributed by atoms with van der Waals surface area (Å²) in [4.78, 5) is 2.79. The number of hydrogen-bond acceptors (Lipinski definition) is 2. The van der Waals surface area contributed by atoms with Crippen LogP contribution in [0.3, 0.4) is 0 Å². The minimum Gasteiger partial charge on any atom is -0.310 e. The molecule has 3 atom stereocenters. The molecule has 98 valence electrons. The zero-order valence-corrected chi connectivity index (χ0v) is 11.3. The molecule has 0 aromatic heterocycles. The first-order chi connectivity index (χ1) is 8.31. The fraction of sp³-hybridized carbons (Fsp3) is 1.00. The first-order valence-electron chi connectivity index (χ1n) is 7.81. The van der Waals surface area contributed by atoms with Crippen molar-refractivity contribution >= 4 is 0 Å². The summed E-state index contributed by atoms with van der Waals surface area (Å²) in [6.45, 7) is 5.11. The van der Waals surface area contributed by atoms with Gasteiger partial charge in [0.2, 0.25) is 0 Å². The van der Waals surface area contributed by atoms with E-state index in [4.69, 9.17) is 0 Å². The topological polar surface area (TPSA) is 15.3 Å². The summed E-state index contributed by atoms with van der Waals surface area (Å²) in [5, 5.41) is 3.80. The molecule has 1 heterocycles. The standard InChI is InChI=1S/C15H28N2/c1-12-3-2-4-15(8-5-12)17-10-9-14(11-17)16-13-6-7-13/h12-16H,2-11H2,1H3. The first-order valence-corrected chi connectivity index (χ1v) is 7.81. The van der Waals surface area contributed by atoms with E-state index < -0.39 is 0 Å². The van der Waals surface area contributed by atoms with Crippen molar-refractivity contribution in [2.24, 2.45) is 5.92 Å². The van der Waals surface area contributed by atoms with Crippen LogP contribution in [-0.4, -0.2) is 36.1 Å². The summed E-state index contributed by atoms with van der Waals surface area (Å²) in [7, 11) is 0. The normalized spacial score (nSPS) is 40.4. The second-order valence-corrected chi connectivity index (χ2v) is 6.69. The zero-order valence-electron chi connectivity index (χ0n) is 11.3. The van der Waals surface area contributed by atoms with Crippen molar-refractivity contribution in [1.82, 2.24) is 10.2 Å². The first kappa shape index (κ1) is 12.0. The molecule has 0 amide bonds. The van der Waals surface area contributed by atoms with E-state index in [2.05, 4.69) is 17.1 Å². The predicted octanol–water partition coefficient (Wildman–Crippen LogP) is 2.78. The number of nitrogens with one attached hydrogen (secondary N) is 1. The summed E-state index contributed by atoms with van der Waals surface area (Å²) in [6.07, 6.45) is 11.5. The van der Waals surface area contributed by atoms with Gasteiger partial charge in [0.15, 0.2) is 0 Å². The van der Waals surface area contributed by atoms with Crippen LogP contribution >= 0.6 is 0 Å². The van der Waals surface area contributed by atoms with Crippen LogP contribution in [0.25, 0.3) is 0 Å². The van der Waals surface area contributed by atoms with Gasteiger partial charge in [0.1, 0.15) is 0 Å². The van der Waals surface area contributed by atoms with Gasteiger partial charge in [-0.3, -0.25) is 4.90 Å².